The second-order valence-corrected chi connectivity index (χ2v) is 2.94. The molecule has 0 saturated carbocycles. The lowest BCUT2D eigenvalue weighted by Gasteiger charge is -2.04. The predicted molar refractivity (Wildman–Crippen MR) is 57.2 cm³/mol. The molecule has 2 N–H and O–H groups in total. The van der Waals surface area contributed by atoms with Crippen molar-refractivity contribution < 1.29 is 9.53 Å². The maximum absolute atomic E-state index is 11.2. The molecule has 0 aromatic rings. The van der Waals surface area contributed by atoms with Crippen LogP contribution in [0.3, 0.4) is 0 Å². The van der Waals surface area contributed by atoms with Gasteiger partial charge in [0.2, 0.25) is 5.91 Å². The zero-order valence-corrected chi connectivity index (χ0v) is 8.84. The van der Waals surface area contributed by atoms with Crippen molar-refractivity contribution in [2.24, 2.45) is 0 Å². The van der Waals surface area contributed by atoms with Crippen LogP contribution in [0.15, 0.2) is 12.7 Å². The van der Waals surface area contributed by atoms with Crippen molar-refractivity contribution in [1.29, 1.82) is 0 Å². The van der Waals surface area contributed by atoms with Gasteiger partial charge in [0.1, 0.15) is 0 Å². The molecule has 0 rings (SSSR count). The molecule has 0 radical (unpaired) electrons. The van der Waals surface area contributed by atoms with Crippen molar-refractivity contribution >= 4 is 5.91 Å². The van der Waals surface area contributed by atoms with Crippen LogP contribution in [0.5, 0.6) is 0 Å². The molecule has 0 fully saturated rings. The fourth-order valence-electron chi connectivity index (χ4n) is 0.939. The first-order valence-electron chi connectivity index (χ1n) is 4.88. The average Bonchev–Trinajstić information content (AvgIpc) is 2.19. The van der Waals surface area contributed by atoms with Gasteiger partial charge in [-0.1, -0.05) is 6.08 Å². The van der Waals surface area contributed by atoms with Crippen LogP contribution in [0.1, 0.15) is 12.8 Å². The number of carbonyl (C=O) groups excluding carboxylic acids is 1. The van der Waals surface area contributed by atoms with E-state index in [0.717, 1.165) is 13.0 Å². The molecule has 4 nitrogen and oxygen atoms in total. The lowest BCUT2D eigenvalue weighted by atomic mass is 10.3. The number of nitrogens with one attached hydrogen (secondary N) is 2. The van der Waals surface area contributed by atoms with Crippen LogP contribution in [0, 0.1) is 0 Å². The molecule has 4 heteroatoms. The van der Waals surface area contributed by atoms with Gasteiger partial charge in [0, 0.05) is 39.8 Å². The fraction of sp³-hybridized carbons (Fsp3) is 0.700. The van der Waals surface area contributed by atoms with Gasteiger partial charge < -0.3 is 15.4 Å². The molecule has 0 spiro atoms. The van der Waals surface area contributed by atoms with E-state index in [1.54, 1.807) is 13.2 Å². The maximum atomic E-state index is 11.2. The fourth-order valence-corrected chi connectivity index (χ4v) is 0.939. The van der Waals surface area contributed by atoms with Crippen LogP contribution in [0.25, 0.3) is 0 Å². The highest BCUT2D eigenvalue weighted by atomic mass is 16.5. The first-order valence-corrected chi connectivity index (χ1v) is 4.88. The summed E-state index contributed by atoms with van der Waals surface area (Å²) < 4.78 is 4.86. The van der Waals surface area contributed by atoms with Crippen LogP contribution in [-0.4, -0.2) is 39.3 Å². The summed E-state index contributed by atoms with van der Waals surface area (Å²) in [7, 11) is 1.65. The molecule has 0 unspecified atom stereocenters. The lowest BCUT2D eigenvalue weighted by molar-refractivity contribution is -0.121. The topological polar surface area (TPSA) is 50.4 Å². The van der Waals surface area contributed by atoms with Gasteiger partial charge >= 0.3 is 0 Å². The summed E-state index contributed by atoms with van der Waals surface area (Å²) in [5, 5.41) is 5.87. The third kappa shape index (κ3) is 9.22. The summed E-state index contributed by atoms with van der Waals surface area (Å²) in [5.74, 6) is 0.0812. The van der Waals surface area contributed by atoms with Crippen molar-refractivity contribution in [3.63, 3.8) is 0 Å². The van der Waals surface area contributed by atoms with E-state index >= 15 is 0 Å². The molecule has 0 aliphatic carbocycles. The Morgan fingerprint density at radius 2 is 2.29 bits per heavy atom. The molecule has 14 heavy (non-hydrogen) atoms. The number of hydrogen-bond donors (Lipinski definition) is 2. The van der Waals surface area contributed by atoms with Gasteiger partial charge in [-0.2, -0.15) is 0 Å². The van der Waals surface area contributed by atoms with E-state index in [-0.39, 0.29) is 5.91 Å². The smallest absolute Gasteiger partial charge is 0.221 e. The number of hydrogen-bond acceptors (Lipinski definition) is 3. The van der Waals surface area contributed by atoms with Gasteiger partial charge in [-0.15, -0.1) is 6.58 Å². The van der Waals surface area contributed by atoms with E-state index in [4.69, 9.17) is 4.74 Å². The number of rotatable bonds is 9. The number of carbonyl (C=O) groups is 1. The van der Waals surface area contributed by atoms with Crippen LogP contribution in [0.2, 0.25) is 0 Å². The second-order valence-electron chi connectivity index (χ2n) is 2.94. The van der Waals surface area contributed by atoms with E-state index in [1.165, 1.54) is 0 Å². The Labute approximate surface area is 85.7 Å². The van der Waals surface area contributed by atoms with Crippen LogP contribution < -0.4 is 10.6 Å². The molecule has 0 aliphatic heterocycles. The van der Waals surface area contributed by atoms with E-state index in [1.807, 2.05) is 0 Å². The molecule has 1 amide bonds. The van der Waals surface area contributed by atoms with Crippen LogP contribution in [-0.2, 0) is 9.53 Å². The Balaban J connectivity index is 3.15. The molecular formula is C10H20N2O2. The third-order valence-electron chi connectivity index (χ3n) is 1.66. The van der Waals surface area contributed by atoms with Gasteiger partial charge in [0.15, 0.2) is 0 Å². The van der Waals surface area contributed by atoms with Crippen LogP contribution >= 0.6 is 0 Å². The van der Waals surface area contributed by atoms with E-state index in [9.17, 15) is 4.79 Å². The summed E-state index contributed by atoms with van der Waals surface area (Å²) >= 11 is 0. The van der Waals surface area contributed by atoms with Crippen molar-refractivity contribution in [1.82, 2.24) is 10.6 Å². The molecule has 0 saturated heterocycles. The summed E-state index contributed by atoms with van der Waals surface area (Å²) in [6, 6.07) is 0. The average molecular weight is 200 g/mol. The summed E-state index contributed by atoms with van der Waals surface area (Å²) in [6.07, 6.45) is 3.15. The molecule has 0 aromatic carbocycles. The normalized spacial score (nSPS) is 9.79. The Hall–Kier alpha value is -0.870. The highest BCUT2D eigenvalue weighted by Gasteiger charge is 1.98. The van der Waals surface area contributed by atoms with E-state index in [0.29, 0.717) is 26.1 Å². The number of amides is 1. The van der Waals surface area contributed by atoms with Gasteiger partial charge in [-0.05, 0) is 6.42 Å². The molecule has 0 heterocycles. The van der Waals surface area contributed by atoms with Gasteiger partial charge in [-0.3, -0.25) is 4.79 Å². The van der Waals surface area contributed by atoms with Crippen molar-refractivity contribution in [3.05, 3.63) is 12.7 Å². The second kappa shape index (κ2) is 10.2. The lowest BCUT2D eigenvalue weighted by Crippen LogP contribution is -2.28. The summed E-state index contributed by atoms with van der Waals surface area (Å²) in [5.41, 5.74) is 0. The van der Waals surface area contributed by atoms with E-state index in [2.05, 4.69) is 17.2 Å². The van der Waals surface area contributed by atoms with Crippen molar-refractivity contribution in [2.45, 2.75) is 12.8 Å². The van der Waals surface area contributed by atoms with Gasteiger partial charge in [-0.25, -0.2) is 0 Å². The minimum atomic E-state index is 0.0812. The Bertz CT molecular complexity index is 160. The Morgan fingerprint density at radius 3 is 2.93 bits per heavy atom. The van der Waals surface area contributed by atoms with Gasteiger partial charge in [0.05, 0.1) is 0 Å². The monoisotopic (exact) mass is 200 g/mol. The highest BCUT2D eigenvalue weighted by molar-refractivity contribution is 5.75. The Kier molecular flexibility index (Phi) is 9.58. The molecule has 0 aromatic heterocycles. The Morgan fingerprint density at radius 1 is 1.50 bits per heavy atom. The molecule has 0 aliphatic rings. The number of ether oxygens (including phenoxy) is 1. The molecule has 0 atom stereocenters. The summed E-state index contributed by atoms with van der Waals surface area (Å²) in [4.78, 5) is 11.2. The third-order valence-corrected chi connectivity index (χ3v) is 1.66. The zero-order chi connectivity index (χ0) is 10.6. The highest BCUT2D eigenvalue weighted by Crippen LogP contribution is 1.80. The standard InChI is InChI=1S/C10H20N2O2/c1-3-6-11-8-5-10(13)12-7-4-9-14-2/h3,11H,1,4-9H2,2H3,(H,12,13). The van der Waals surface area contributed by atoms with Crippen molar-refractivity contribution in [2.75, 3.05) is 33.4 Å². The quantitative estimate of drug-likeness (QED) is 0.416. The van der Waals surface area contributed by atoms with Gasteiger partial charge in [0.25, 0.3) is 0 Å². The maximum Gasteiger partial charge on any atom is 0.221 e. The predicted octanol–water partition coefficient (Wildman–Crippen LogP) is 0.305. The molecular weight excluding hydrogens is 180 g/mol. The first-order chi connectivity index (χ1) is 6.81. The summed E-state index contributed by atoms with van der Waals surface area (Å²) in [6.45, 7) is 6.39. The minimum Gasteiger partial charge on any atom is -0.385 e. The van der Waals surface area contributed by atoms with E-state index < -0.39 is 0 Å². The minimum absolute atomic E-state index is 0.0812. The molecule has 82 valence electrons. The SMILES string of the molecule is C=CCNCCC(=O)NCCCOC. The first kappa shape index (κ1) is 13.1. The largest absolute Gasteiger partial charge is 0.385 e. The molecule has 0 bridgehead atoms. The van der Waals surface area contributed by atoms with Crippen molar-refractivity contribution in [3.8, 4) is 0 Å². The number of methoxy groups -OCH3 is 1. The van der Waals surface area contributed by atoms with Crippen LogP contribution in [0.4, 0.5) is 0 Å². The zero-order valence-electron chi connectivity index (χ0n) is 8.84.